The molecular weight excluding hydrogens is 274 g/mol. The predicted molar refractivity (Wildman–Crippen MR) is 79.5 cm³/mol. The van der Waals surface area contributed by atoms with E-state index in [0.717, 1.165) is 6.54 Å². The van der Waals surface area contributed by atoms with Crippen molar-refractivity contribution in [3.63, 3.8) is 0 Å². The van der Waals surface area contributed by atoms with E-state index in [4.69, 9.17) is 0 Å². The smallest absolute Gasteiger partial charge is 0.0210 e. The number of nitrogens with one attached hydrogen (secondary N) is 1. The topological polar surface area (TPSA) is 12.0 Å². The van der Waals surface area contributed by atoms with Crippen molar-refractivity contribution < 1.29 is 0 Å². The second-order valence-corrected chi connectivity index (χ2v) is 5.51. The van der Waals surface area contributed by atoms with E-state index in [9.17, 15) is 0 Å². The van der Waals surface area contributed by atoms with Gasteiger partial charge in [0.25, 0.3) is 0 Å². The molecule has 0 spiro atoms. The van der Waals surface area contributed by atoms with E-state index in [0.29, 0.717) is 12.0 Å². The minimum absolute atomic E-state index is 0.553. The van der Waals surface area contributed by atoms with Crippen molar-refractivity contribution in [3.05, 3.63) is 34.3 Å². The lowest BCUT2D eigenvalue weighted by Gasteiger charge is -2.26. The van der Waals surface area contributed by atoms with Gasteiger partial charge >= 0.3 is 0 Å². The molecule has 1 nitrogen and oxygen atoms in total. The predicted octanol–water partition coefficient (Wildman–Crippen LogP) is 4.72. The Morgan fingerprint density at radius 1 is 1.18 bits per heavy atom. The van der Waals surface area contributed by atoms with Gasteiger partial charge in [-0.15, -0.1) is 0 Å². The first-order chi connectivity index (χ1) is 8.20. The monoisotopic (exact) mass is 297 g/mol. The molecule has 1 aromatic rings. The van der Waals surface area contributed by atoms with Crippen LogP contribution in [0.15, 0.2) is 28.7 Å². The van der Waals surface area contributed by atoms with E-state index >= 15 is 0 Å². The average molecular weight is 298 g/mol. The molecule has 0 fully saturated rings. The summed E-state index contributed by atoms with van der Waals surface area (Å²) in [5, 5.41) is 3.67. The highest BCUT2D eigenvalue weighted by Gasteiger charge is 2.18. The lowest BCUT2D eigenvalue weighted by atomic mass is 9.90. The molecule has 1 N–H and O–H groups in total. The maximum absolute atomic E-state index is 3.67. The second kappa shape index (κ2) is 7.88. The van der Waals surface area contributed by atoms with Crippen molar-refractivity contribution >= 4 is 15.9 Å². The van der Waals surface area contributed by atoms with Crippen LogP contribution in [0.2, 0.25) is 0 Å². The molecule has 0 aliphatic heterocycles. The third-order valence-electron chi connectivity index (χ3n) is 3.26. The Hall–Kier alpha value is -0.340. The summed E-state index contributed by atoms with van der Waals surface area (Å²) in [5.41, 5.74) is 1.41. The van der Waals surface area contributed by atoms with Crippen molar-refractivity contribution in [3.8, 4) is 0 Å². The Kier molecular flexibility index (Phi) is 6.83. The van der Waals surface area contributed by atoms with Gasteiger partial charge in [-0.2, -0.15) is 0 Å². The third-order valence-corrected chi connectivity index (χ3v) is 3.98. The van der Waals surface area contributed by atoms with E-state index in [-0.39, 0.29) is 0 Å². The van der Waals surface area contributed by atoms with Crippen LogP contribution >= 0.6 is 15.9 Å². The van der Waals surface area contributed by atoms with E-state index in [2.05, 4.69) is 66.3 Å². The SMILES string of the molecule is CCCNC(CCC)C(C)c1ccccc1Br. The van der Waals surface area contributed by atoms with Crippen molar-refractivity contribution in [2.75, 3.05) is 6.54 Å². The first-order valence-electron chi connectivity index (χ1n) is 6.68. The Morgan fingerprint density at radius 2 is 1.88 bits per heavy atom. The van der Waals surface area contributed by atoms with Gasteiger partial charge in [0.15, 0.2) is 0 Å². The molecule has 0 bridgehead atoms. The van der Waals surface area contributed by atoms with Crippen molar-refractivity contribution in [2.24, 2.45) is 0 Å². The third kappa shape index (κ3) is 4.44. The molecule has 2 unspecified atom stereocenters. The van der Waals surface area contributed by atoms with Crippen molar-refractivity contribution in [2.45, 2.75) is 52.0 Å². The minimum Gasteiger partial charge on any atom is -0.313 e. The van der Waals surface area contributed by atoms with E-state index in [1.165, 1.54) is 29.3 Å². The fourth-order valence-electron chi connectivity index (χ4n) is 2.23. The van der Waals surface area contributed by atoms with Crippen LogP contribution in [0.4, 0.5) is 0 Å². The zero-order chi connectivity index (χ0) is 12.7. The van der Waals surface area contributed by atoms with Crippen LogP contribution in [0.25, 0.3) is 0 Å². The van der Waals surface area contributed by atoms with Gasteiger partial charge in [-0.05, 0) is 36.9 Å². The molecule has 2 heteroatoms. The van der Waals surface area contributed by atoms with Crippen LogP contribution < -0.4 is 5.32 Å². The Bertz CT molecular complexity index is 324. The molecule has 96 valence electrons. The van der Waals surface area contributed by atoms with Gasteiger partial charge < -0.3 is 5.32 Å². The Balaban J connectivity index is 2.76. The van der Waals surface area contributed by atoms with Gasteiger partial charge in [0.05, 0.1) is 0 Å². The van der Waals surface area contributed by atoms with E-state index in [1.54, 1.807) is 0 Å². The highest BCUT2D eigenvalue weighted by molar-refractivity contribution is 9.10. The summed E-state index contributed by atoms with van der Waals surface area (Å²) in [6.45, 7) is 7.91. The number of rotatable bonds is 7. The first kappa shape index (κ1) is 14.7. The number of halogens is 1. The molecule has 0 aliphatic rings. The quantitative estimate of drug-likeness (QED) is 0.768. The molecule has 0 saturated heterocycles. The molecule has 2 atom stereocenters. The van der Waals surface area contributed by atoms with Gasteiger partial charge in [-0.1, -0.05) is 61.3 Å². The summed E-state index contributed by atoms with van der Waals surface area (Å²) in [5.74, 6) is 0.553. The molecule has 1 rings (SSSR count). The van der Waals surface area contributed by atoms with E-state index < -0.39 is 0 Å². The average Bonchev–Trinajstić information content (AvgIpc) is 2.34. The van der Waals surface area contributed by atoms with Gasteiger partial charge in [0.1, 0.15) is 0 Å². The molecular formula is C15H24BrN. The molecule has 0 aromatic heterocycles. The van der Waals surface area contributed by atoms with Gasteiger partial charge in [0.2, 0.25) is 0 Å². The van der Waals surface area contributed by atoms with Crippen molar-refractivity contribution in [1.82, 2.24) is 5.32 Å². The lowest BCUT2D eigenvalue weighted by molar-refractivity contribution is 0.420. The van der Waals surface area contributed by atoms with Crippen LogP contribution in [0.1, 0.15) is 51.5 Å². The lowest BCUT2D eigenvalue weighted by Crippen LogP contribution is -2.34. The summed E-state index contributed by atoms with van der Waals surface area (Å²) in [4.78, 5) is 0. The highest BCUT2D eigenvalue weighted by Crippen LogP contribution is 2.28. The molecule has 0 radical (unpaired) electrons. The van der Waals surface area contributed by atoms with Crippen LogP contribution in [-0.2, 0) is 0 Å². The van der Waals surface area contributed by atoms with Crippen molar-refractivity contribution in [1.29, 1.82) is 0 Å². The Morgan fingerprint density at radius 3 is 2.47 bits per heavy atom. The largest absolute Gasteiger partial charge is 0.313 e. The summed E-state index contributed by atoms with van der Waals surface area (Å²) >= 11 is 3.66. The van der Waals surface area contributed by atoms with E-state index in [1.807, 2.05) is 0 Å². The maximum Gasteiger partial charge on any atom is 0.0210 e. The normalized spacial score (nSPS) is 14.6. The Labute approximate surface area is 114 Å². The van der Waals surface area contributed by atoms with Crippen LogP contribution in [-0.4, -0.2) is 12.6 Å². The molecule has 0 heterocycles. The molecule has 17 heavy (non-hydrogen) atoms. The van der Waals surface area contributed by atoms with Crippen LogP contribution in [0, 0.1) is 0 Å². The van der Waals surface area contributed by atoms with Gasteiger partial charge in [-0.3, -0.25) is 0 Å². The van der Waals surface area contributed by atoms with Gasteiger partial charge in [0, 0.05) is 10.5 Å². The van der Waals surface area contributed by atoms with Crippen LogP contribution in [0.3, 0.4) is 0 Å². The first-order valence-corrected chi connectivity index (χ1v) is 7.47. The second-order valence-electron chi connectivity index (χ2n) is 4.66. The summed E-state index contributed by atoms with van der Waals surface area (Å²) in [7, 11) is 0. The highest BCUT2D eigenvalue weighted by atomic mass is 79.9. The standard InChI is InChI=1S/C15H24BrN/c1-4-8-15(17-11-5-2)12(3)13-9-6-7-10-14(13)16/h6-7,9-10,12,15,17H,4-5,8,11H2,1-3H3. The number of benzene rings is 1. The molecule has 0 aliphatic carbocycles. The fourth-order valence-corrected chi connectivity index (χ4v) is 2.88. The number of hydrogen-bond donors (Lipinski definition) is 1. The summed E-state index contributed by atoms with van der Waals surface area (Å²) in [6, 6.07) is 9.15. The summed E-state index contributed by atoms with van der Waals surface area (Å²) < 4.78 is 1.23. The number of hydrogen-bond acceptors (Lipinski definition) is 1. The zero-order valence-corrected chi connectivity index (χ0v) is 12.8. The maximum atomic E-state index is 3.67. The zero-order valence-electron chi connectivity index (χ0n) is 11.2. The molecule has 1 aromatic carbocycles. The minimum atomic E-state index is 0.553. The molecule has 0 saturated carbocycles. The van der Waals surface area contributed by atoms with Crippen LogP contribution in [0.5, 0.6) is 0 Å². The summed E-state index contributed by atoms with van der Waals surface area (Å²) in [6.07, 6.45) is 3.67. The fraction of sp³-hybridized carbons (Fsp3) is 0.600. The molecule has 0 amide bonds. The van der Waals surface area contributed by atoms with Gasteiger partial charge in [-0.25, -0.2) is 0 Å².